The van der Waals surface area contributed by atoms with Crippen molar-refractivity contribution < 1.29 is 4.74 Å². The molecule has 0 radical (unpaired) electrons. The number of rotatable bonds is 0. The molecule has 2 aromatic rings. The summed E-state index contributed by atoms with van der Waals surface area (Å²) < 4.78 is 5.73. The Morgan fingerprint density at radius 1 is 1.00 bits per heavy atom. The average molecular weight is 196 g/mol. The highest BCUT2D eigenvalue weighted by molar-refractivity contribution is 5.77. The van der Waals surface area contributed by atoms with Crippen LogP contribution in [0.25, 0.3) is 11.1 Å². The van der Waals surface area contributed by atoms with Crippen LogP contribution in [-0.4, -0.2) is 0 Å². The van der Waals surface area contributed by atoms with E-state index in [1.165, 1.54) is 22.3 Å². The third kappa shape index (κ3) is 1.23. The van der Waals surface area contributed by atoms with Gasteiger partial charge in [-0.3, -0.25) is 0 Å². The molecule has 0 aromatic heterocycles. The van der Waals surface area contributed by atoms with Crippen LogP contribution >= 0.6 is 0 Å². The molecule has 0 amide bonds. The molecular weight excluding hydrogens is 184 g/mol. The fourth-order valence-corrected chi connectivity index (χ4v) is 2.15. The lowest BCUT2D eigenvalue weighted by molar-refractivity contribution is 0.302. The van der Waals surface area contributed by atoms with Gasteiger partial charge in [0.2, 0.25) is 0 Å². The van der Waals surface area contributed by atoms with Gasteiger partial charge in [0.1, 0.15) is 12.4 Å². The van der Waals surface area contributed by atoms with Gasteiger partial charge in [0.15, 0.2) is 0 Å². The summed E-state index contributed by atoms with van der Waals surface area (Å²) in [6, 6.07) is 14.7. The van der Waals surface area contributed by atoms with Crippen LogP contribution < -0.4 is 4.74 Å². The summed E-state index contributed by atoms with van der Waals surface area (Å²) in [5, 5.41) is 0. The van der Waals surface area contributed by atoms with E-state index >= 15 is 0 Å². The molecule has 0 saturated carbocycles. The standard InChI is InChI=1S/C14H12O/c1-10-5-4-8-13-14(10)12-7-3-2-6-11(12)9-15-13/h2-8H,9H2,1H3. The number of hydrogen-bond donors (Lipinski definition) is 0. The highest BCUT2D eigenvalue weighted by Gasteiger charge is 2.17. The van der Waals surface area contributed by atoms with Crippen LogP contribution in [0.2, 0.25) is 0 Å². The predicted molar refractivity (Wildman–Crippen MR) is 60.9 cm³/mol. The van der Waals surface area contributed by atoms with Gasteiger partial charge in [0.25, 0.3) is 0 Å². The van der Waals surface area contributed by atoms with Gasteiger partial charge in [-0.1, -0.05) is 36.4 Å². The van der Waals surface area contributed by atoms with E-state index in [4.69, 9.17) is 4.74 Å². The number of benzene rings is 2. The van der Waals surface area contributed by atoms with Crippen LogP contribution in [0.4, 0.5) is 0 Å². The number of aryl methyl sites for hydroxylation is 1. The van der Waals surface area contributed by atoms with E-state index in [2.05, 4.69) is 37.3 Å². The Balaban J connectivity index is 2.33. The Bertz CT molecular complexity index is 514. The second-order valence-electron chi connectivity index (χ2n) is 3.89. The van der Waals surface area contributed by atoms with Crippen LogP contribution in [0.1, 0.15) is 11.1 Å². The Kier molecular flexibility index (Phi) is 1.78. The zero-order valence-electron chi connectivity index (χ0n) is 8.66. The van der Waals surface area contributed by atoms with E-state index in [0.29, 0.717) is 6.61 Å². The van der Waals surface area contributed by atoms with Gasteiger partial charge in [-0.15, -0.1) is 0 Å². The lowest BCUT2D eigenvalue weighted by Crippen LogP contribution is -2.05. The molecule has 0 fully saturated rings. The third-order valence-corrected chi connectivity index (χ3v) is 2.90. The normalized spacial score (nSPS) is 12.6. The molecule has 3 rings (SSSR count). The summed E-state index contributed by atoms with van der Waals surface area (Å²) in [5.74, 6) is 1.01. The van der Waals surface area contributed by atoms with Gasteiger partial charge in [-0.2, -0.15) is 0 Å². The van der Waals surface area contributed by atoms with Gasteiger partial charge in [-0.05, 0) is 29.7 Å². The maximum absolute atomic E-state index is 5.73. The van der Waals surface area contributed by atoms with E-state index in [1.54, 1.807) is 0 Å². The van der Waals surface area contributed by atoms with Crippen molar-refractivity contribution in [3.05, 3.63) is 53.6 Å². The van der Waals surface area contributed by atoms with E-state index in [1.807, 2.05) is 12.1 Å². The van der Waals surface area contributed by atoms with Crippen LogP contribution in [0.5, 0.6) is 5.75 Å². The van der Waals surface area contributed by atoms with Crippen molar-refractivity contribution in [2.45, 2.75) is 13.5 Å². The first-order chi connectivity index (χ1) is 7.36. The molecule has 1 aliphatic heterocycles. The first-order valence-corrected chi connectivity index (χ1v) is 5.17. The van der Waals surface area contributed by atoms with E-state index in [0.717, 1.165) is 5.75 Å². The largest absolute Gasteiger partial charge is 0.488 e. The molecular formula is C14H12O. The maximum atomic E-state index is 5.73. The first kappa shape index (κ1) is 8.54. The number of hydrogen-bond acceptors (Lipinski definition) is 1. The quantitative estimate of drug-likeness (QED) is 0.626. The van der Waals surface area contributed by atoms with E-state index in [-0.39, 0.29) is 0 Å². The van der Waals surface area contributed by atoms with Crippen molar-refractivity contribution in [3.63, 3.8) is 0 Å². The first-order valence-electron chi connectivity index (χ1n) is 5.17. The molecule has 0 atom stereocenters. The van der Waals surface area contributed by atoms with Crippen molar-refractivity contribution in [2.75, 3.05) is 0 Å². The van der Waals surface area contributed by atoms with E-state index in [9.17, 15) is 0 Å². The second kappa shape index (κ2) is 3.13. The molecule has 0 unspecified atom stereocenters. The molecule has 0 aliphatic carbocycles. The number of ether oxygens (including phenoxy) is 1. The molecule has 74 valence electrons. The van der Waals surface area contributed by atoms with Crippen LogP contribution in [0, 0.1) is 6.92 Å². The zero-order chi connectivity index (χ0) is 10.3. The third-order valence-electron chi connectivity index (χ3n) is 2.90. The highest BCUT2D eigenvalue weighted by Crippen LogP contribution is 2.39. The Morgan fingerprint density at radius 3 is 2.80 bits per heavy atom. The smallest absolute Gasteiger partial charge is 0.127 e. The highest BCUT2D eigenvalue weighted by atomic mass is 16.5. The molecule has 1 heterocycles. The summed E-state index contributed by atoms with van der Waals surface area (Å²) >= 11 is 0. The summed E-state index contributed by atoms with van der Waals surface area (Å²) in [7, 11) is 0. The minimum absolute atomic E-state index is 0.687. The minimum atomic E-state index is 0.687. The molecule has 1 heteroatoms. The Labute approximate surface area is 89.3 Å². The summed E-state index contributed by atoms with van der Waals surface area (Å²) in [6.07, 6.45) is 0. The fraction of sp³-hybridized carbons (Fsp3) is 0.143. The molecule has 1 nitrogen and oxygen atoms in total. The molecule has 0 spiro atoms. The SMILES string of the molecule is Cc1cccc2c1-c1ccccc1CO2. The predicted octanol–water partition coefficient (Wildman–Crippen LogP) is 3.55. The number of fused-ring (bicyclic) bond motifs is 3. The van der Waals surface area contributed by atoms with Crippen molar-refractivity contribution in [1.82, 2.24) is 0 Å². The Hall–Kier alpha value is -1.76. The molecule has 2 aromatic carbocycles. The average Bonchev–Trinajstić information content (AvgIpc) is 2.29. The zero-order valence-corrected chi connectivity index (χ0v) is 8.66. The Morgan fingerprint density at radius 2 is 1.87 bits per heavy atom. The summed E-state index contributed by atoms with van der Waals surface area (Å²) in [4.78, 5) is 0. The topological polar surface area (TPSA) is 9.23 Å². The molecule has 15 heavy (non-hydrogen) atoms. The summed E-state index contributed by atoms with van der Waals surface area (Å²) in [5.41, 5.74) is 5.12. The van der Waals surface area contributed by atoms with Gasteiger partial charge < -0.3 is 4.74 Å². The van der Waals surface area contributed by atoms with Crippen molar-refractivity contribution >= 4 is 0 Å². The van der Waals surface area contributed by atoms with Crippen LogP contribution in [0.15, 0.2) is 42.5 Å². The molecule has 0 bridgehead atoms. The molecule has 0 N–H and O–H groups in total. The second-order valence-corrected chi connectivity index (χ2v) is 3.89. The van der Waals surface area contributed by atoms with Gasteiger partial charge >= 0.3 is 0 Å². The van der Waals surface area contributed by atoms with Crippen molar-refractivity contribution in [1.29, 1.82) is 0 Å². The van der Waals surface area contributed by atoms with Gasteiger partial charge in [-0.25, -0.2) is 0 Å². The van der Waals surface area contributed by atoms with E-state index < -0.39 is 0 Å². The monoisotopic (exact) mass is 196 g/mol. The lowest BCUT2D eigenvalue weighted by Gasteiger charge is -2.22. The minimum Gasteiger partial charge on any atom is -0.488 e. The fourth-order valence-electron chi connectivity index (χ4n) is 2.15. The molecule has 0 saturated heterocycles. The van der Waals surface area contributed by atoms with Gasteiger partial charge in [0.05, 0.1) is 0 Å². The van der Waals surface area contributed by atoms with Crippen molar-refractivity contribution in [2.24, 2.45) is 0 Å². The molecule has 1 aliphatic rings. The van der Waals surface area contributed by atoms with Crippen LogP contribution in [0.3, 0.4) is 0 Å². The summed E-state index contributed by atoms with van der Waals surface area (Å²) in [6.45, 7) is 2.82. The van der Waals surface area contributed by atoms with Gasteiger partial charge in [0, 0.05) is 5.56 Å². The van der Waals surface area contributed by atoms with Crippen molar-refractivity contribution in [3.8, 4) is 16.9 Å². The maximum Gasteiger partial charge on any atom is 0.127 e. The van der Waals surface area contributed by atoms with Crippen LogP contribution in [-0.2, 0) is 6.61 Å². The lowest BCUT2D eigenvalue weighted by atomic mass is 9.94.